The Balaban J connectivity index is 2.03. The van der Waals surface area contributed by atoms with Crippen molar-refractivity contribution in [3.63, 3.8) is 0 Å². The smallest absolute Gasteiger partial charge is 0.413 e. The minimum Gasteiger partial charge on any atom is -0.453 e. The van der Waals surface area contributed by atoms with E-state index < -0.39 is 6.09 Å². The number of hydrogen-bond donors (Lipinski definition) is 2. The third kappa shape index (κ3) is 3.50. The summed E-state index contributed by atoms with van der Waals surface area (Å²) in [6.45, 7) is 5.79. The van der Waals surface area contributed by atoms with E-state index in [-0.39, 0.29) is 0 Å². The van der Waals surface area contributed by atoms with Crippen LogP contribution in [-0.4, -0.2) is 32.3 Å². The number of aliphatic imine (C=N–C) groups is 1. The zero-order chi connectivity index (χ0) is 14.5. The average molecular weight is 275 g/mol. The predicted molar refractivity (Wildman–Crippen MR) is 79.1 cm³/mol. The van der Waals surface area contributed by atoms with Crippen LogP contribution in [0, 0.1) is 0 Å². The summed E-state index contributed by atoms with van der Waals surface area (Å²) in [6.07, 6.45) is -0.503. The number of nitrogens with one attached hydrogen (secondary N) is 2. The number of nitrogens with zero attached hydrogens (tertiary/aromatic N) is 1. The van der Waals surface area contributed by atoms with Gasteiger partial charge in [-0.15, -0.1) is 0 Å². The molecular weight excluding hydrogens is 254 g/mol. The molecule has 1 atom stereocenters. The van der Waals surface area contributed by atoms with E-state index in [1.54, 1.807) is 0 Å². The van der Waals surface area contributed by atoms with Crippen molar-refractivity contribution < 1.29 is 9.53 Å². The van der Waals surface area contributed by atoms with E-state index in [1.165, 1.54) is 18.2 Å². The Morgan fingerprint density at radius 3 is 2.90 bits per heavy atom. The van der Waals surface area contributed by atoms with Gasteiger partial charge in [-0.3, -0.25) is 10.3 Å². The summed E-state index contributed by atoms with van der Waals surface area (Å²) in [7, 11) is 1.33. The Morgan fingerprint density at radius 1 is 1.50 bits per heavy atom. The molecule has 0 fully saturated rings. The van der Waals surface area contributed by atoms with Crippen molar-refractivity contribution in [1.82, 2.24) is 10.6 Å². The van der Waals surface area contributed by atoms with Crippen molar-refractivity contribution in [2.24, 2.45) is 4.99 Å². The number of ether oxygens (including phenoxy) is 1. The molecular formula is C15H21N3O2. The number of rotatable bonds is 2. The Bertz CT molecular complexity index is 512. The molecule has 1 unspecified atom stereocenters. The van der Waals surface area contributed by atoms with Crippen molar-refractivity contribution in [2.75, 3.05) is 20.2 Å². The largest absolute Gasteiger partial charge is 0.453 e. The van der Waals surface area contributed by atoms with Crippen LogP contribution in [0.25, 0.3) is 0 Å². The van der Waals surface area contributed by atoms with Crippen molar-refractivity contribution in [3.8, 4) is 0 Å². The molecule has 108 valence electrons. The number of alkyl carbamates (subject to hydrolysis) is 1. The fourth-order valence-electron chi connectivity index (χ4n) is 2.17. The van der Waals surface area contributed by atoms with Gasteiger partial charge in [-0.1, -0.05) is 38.1 Å². The quantitative estimate of drug-likeness (QED) is 0.870. The SMILES string of the molecule is COC(=O)NC1=NCC(c2cccc(C(C)C)c2)CN1. The average Bonchev–Trinajstić information content (AvgIpc) is 2.48. The van der Waals surface area contributed by atoms with Gasteiger partial charge in [0, 0.05) is 12.5 Å². The number of carbonyl (C=O) groups excluding carboxylic acids is 1. The third-order valence-corrected chi connectivity index (χ3v) is 3.44. The lowest BCUT2D eigenvalue weighted by Crippen LogP contribution is -2.45. The summed E-state index contributed by atoms with van der Waals surface area (Å²) in [6, 6.07) is 8.62. The van der Waals surface area contributed by atoms with Gasteiger partial charge in [0.1, 0.15) is 0 Å². The molecule has 2 rings (SSSR count). The maximum atomic E-state index is 11.1. The Hall–Kier alpha value is -2.04. The minimum atomic E-state index is -0.503. The molecule has 1 aromatic carbocycles. The molecule has 5 heteroatoms. The lowest BCUT2D eigenvalue weighted by molar-refractivity contribution is 0.176. The molecule has 1 amide bonds. The van der Waals surface area contributed by atoms with Crippen LogP contribution in [0.15, 0.2) is 29.3 Å². The standard InChI is InChI=1S/C15H21N3O2/c1-10(2)11-5-4-6-12(7-11)13-8-16-14(17-9-13)18-15(19)20-3/h4-7,10,13H,8-9H2,1-3H3,(H2,16,17,18,19). The van der Waals surface area contributed by atoms with E-state index in [1.807, 2.05) is 0 Å². The second-order valence-electron chi connectivity index (χ2n) is 5.21. The molecule has 5 nitrogen and oxygen atoms in total. The lowest BCUT2D eigenvalue weighted by Gasteiger charge is -2.23. The second-order valence-corrected chi connectivity index (χ2v) is 5.21. The van der Waals surface area contributed by atoms with Gasteiger partial charge in [0.05, 0.1) is 13.7 Å². The molecule has 1 heterocycles. The van der Waals surface area contributed by atoms with E-state index >= 15 is 0 Å². The molecule has 2 N–H and O–H groups in total. The second kappa shape index (κ2) is 6.41. The number of benzene rings is 1. The number of methoxy groups -OCH3 is 1. The van der Waals surface area contributed by atoms with Gasteiger partial charge in [0.15, 0.2) is 0 Å². The van der Waals surface area contributed by atoms with Gasteiger partial charge in [-0.05, 0) is 17.0 Å². The lowest BCUT2D eigenvalue weighted by atomic mass is 9.93. The fraction of sp³-hybridized carbons (Fsp3) is 0.467. The molecule has 1 aromatic rings. The maximum absolute atomic E-state index is 11.1. The zero-order valence-electron chi connectivity index (χ0n) is 12.1. The van der Waals surface area contributed by atoms with Gasteiger partial charge in [0.2, 0.25) is 5.96 Å². The van der Waals surface area contributed by atoms with E-state index in [0.717, 1.165) is 6.54 Å². The molecule has 0 aliphatic carbocycles. The zero-order valence-corrected chi connectivity index (χ0v) is 12.1. The summed E-state index contributed by atoms with van der Waals surface area (Å²) in [5.41, 5.74) is 2.62. The molecule has 0 radical (unpaired) electrons. The molecule has 0 saturated carbocycles. The van der Waals surface area contributed by atoms with E-state index in [2.05, 4.69) is 58.5 Å². The molecule has 20 heavy (non-hydrogen) atoms. The Kier molecular flexibility index (Phi) is 4.61. The summed E-state index contributed by atoms with van der Waals surface area (Å²) >= 11 is 0. The van der Waals surface area contributed by atoms with Crippen molar-refractivity contribution in [3.05, 3.63) is 35.4 Å². The predicted octanol–water partition coefficient (Wildman–Crippen LogP) is 2.21. The number of hydrogen-bond acceptors (Lipinski definition) is 4. The van der Waals surface area contributed by atoms with Crippen molar-refractivity contribution in [2.45, 2.75) is 25.7 Å². The van der Waals surface area contributed by atoms with E-state index in [9.17, 15) is 4.79 Å². The van der Waals surface area contributed by atoms with Crippen molar-refractivity contribution in [1.29, 1.82) is 0 Å². The van der Waals surface area contributed by atoms with Gasteiger partial charge >= 0.3 is 6.09 Å². The third-order valence-electron chi connectivity index (χ3n) is 3.44. The first kappa shape index (κ1) is 14.4. The van der Waals surface area contributed by atoms with Crippen LogP contribution in [0.4, 0.5) is 4.79 Å². The summed E-state index contributed by atoms with van der Waals surface area (Å²) < 4.78 is 4.54. The van der Waals surface area contributed by atoms with Gasteiger partial charge in [0.25, 0.3) is 0 Å². The highest BCUT2D eigenvalue weighted by Crippen LogP contribution is 2.22. The van der Waals surface area contributed by atoms with Crippen molar-refractivity contribution >= 4 is 12.1 Å². The first-order valence-electron chi connectivity index (χ1n) is 6.83. The molecule has 1 aliphatic heterocycles. The van der Waals surface area contributed by atoms with Gasteiger partial charge in [-0.25, -0.2) is 4.79 Å². The van der Waals surface area contributed by atoms with Crippen LogP contribution < -0.4 is 10.6 Å². The van der Waals surface area contributed by atoms with Crippen LogP contribution in [0.5, 0.6) is 0 Å². The van der Waals surface area contributed by atoms with E-state index in [0.29, 0.717) is 24.3 Å². The topological polar surface area (TPSA) is 62.7 Å². The van der Waals surface area contributed by atoms with Gasteiger partial charge < -0.3 is 10.1 Å². The highest BCUT2D eigenvalue weighted by Gasteiger charge is 2.18. The molecule has 1 aliphatic rings. The fourth-order valence-corrected chi connectivity index (χ4v) is 2.17. The summed E-state index contributed by atoms with van der Waals surface area (Å²) in [5, 5.41) is 5.67. The van der Waals surface area contributed by atoms with Crippen LogP contribution in [0.2, 0.25) is 0 Å². The Labute approximate surface area is 119 Å². The van der Waals surface area contributed by atoms with Gasteiger partial charge in [-0.2, -0.15) is 0 Å². The Morgan fingerprint density at radius 2 is 2.30 bits per heavy atom. The molecule has 0 saturated heterocycles. The number of carbonyl (C=O) groups is 1. The van der Waals surface area contributed by atoms with E-state index in [4.69, 9.17) is 0 Å². The molecule has 0 spiro atoms. The van der Waals surface area contributed by atoms with Crippen LogP contribution in [0.1, 0.15) is 36.8 Å². The maximum Gasteiger partial charge on any atom is 0.413 e. The monoisotopic (exact) mass is 275 g/mol. The molecule has 0 bridgehead atoms. The van der Waals surface area contributed by atoms with Crippen LogP contribution in [0.3, 0.4) is 0 Å². The highest BCUT2D eigenvalue weighted by molar-refractivity contribution is 5.94. The summed E-state index contributed by atoms with van der Waals surface area (Å²) in [5.74, 6) is 1.33. The summed E-state index contributed by atoms with van der Waals surface area (Å²) in [4.78, 5) is 15.4. The minimum absolute atomic E-state index is 0.330. The number of amides is 1. The normalized spacial score (nSPS) is 18.2. The highest BCUT2D eigenvalue weighted by atomic mass is 16.5. The first-order chi connectivity index (χ1) is 9.60. The molecule has 0 aromatic heterocycles. The van der Waals surface area contributed by atoms with Crippen LogP contribution in [-0.2, 0) is 4.74 Å². The number of guanidine groups is 1. The first-order valence-corrected chi connectivity index (χ1v) is 6.83. The van der Waals surface area contributed by atoms with Crippen LogP contribution >= 0.6 is 0 Å².